The van der Waals surface area contributed by atoms with E-state index in [4.69, 9.17) is 0 Å². The lowest BCUT2D eigenvalue weighted by Gasteiger charge is -2.19. The van der Waals surface area contributed by atoms with E-state index >= 15 is 0 Å². The van der Waals surface area contributed by atoms with Gasteiger partial charge in [-0.1, -0.05) is 30.3 Å². The largest absolute Gasteiger partial charge is 0.464 e. The first-order chi connectivity index (χ1) is 7.00. The lowest BCUT2D eigenvalue weighted by molar-refractivity contribution is -0.186. The Kier molecular flexibility index (Phi) is 3.36. The van der Waals surface area contributed by atoms with Gasteiger partial charge in [0.05, 0.1) is 7.11 Å². The van der Waals surface area contributed by atoms with Gasteiger partial charge >= 0.3 is 11.9 Å². The summed E-state index contributed by atoms with van der Waals surface area (Å²) < 4.78 is 30.3. The molecule has 1 aromatic carbocycles. The fraction of sp³-hybridized carbons (Fsp3) is 0.300. The summed E-state index contributed by atoms with van der Waals surface area (Å²) in [5, 5.41) is 9.30. The fourth-order valence-electron chi connectivity index (χ4n) is 1.09. The molecule has 0 aliphatic carbocycles. The molecule has 0 aliphatic heterocycles. The molecule has 0 aromatic heterocycles. The molecular formula is C10H10F2O3. The van der Waals surface area contributed by atoms with E-state index in [9.17, 15) is 18.7 Å². The highest BCUT2D eigenvalue weighted by Crippen LogP contribution is 2.31. The van der Waals surface area contributed by atoms with Crippen LogP contribution in [0.25, 0.3) is 0 Å². The van der Waals surface area contributed by atoms with Crippen LogP contribution < -0.4 is 0 Å². The first-order valence-electron chi connectivity index (χ1n) is 4.19. The van der Waals surface area contributed by atoms with Crippen LogP contribution in [0.4, 0.5) is 8.78 Å². The third-order valence-corrected chi connectivity index (χ3v) is 1.92. The van der Waals surface area contributed by atoms with Crippen molar-refractivity contribution >= 4 is 5.97 Å². The number of methoxy groups -OCH3 is 1. The first-order valence-corrected chi connectivity index (χ1v) is 4.19. The number of carbonyl (C=O) groups is 1. The molecule has 0 radical (unpaired) electrons. The topological polar surface area (TPSA) is 46.5 Å². The second-order valence-electron chi connectivity index (χ2n) is 2.93. The van der Waals surface area contributed by atoms with Gasteiger partial charge in [0.1, 0.15) is 0 Å². The van der Waals surface area contributed by atoms with Crippen molar-refractivity contribution in [1.29, 1.82) is 0 Å². The molecule has 1 rings (SSSR count). The first kappa shape index (κ1) is 11.6. The van der Waals surface area contributed by atoms with E-state index in [1.165, 1.54) is 24.3 Å². The lowest BCUT2D eigenvalue weighted by Crippen LogP contribution is -2.36. The van der Waals surface area contributed by atoms with Gasteiger partial charge < -0.3 is 9.84 Å². The summed E-state index contributed by atoms with van der Waals surface area (Å²) in [4.78, 5) is 10.7. The maximum atomic E-state index is 13.2. The van der Waals surface area contributed by atoms with Gasteiger partial charge in [0.25, 0.3) is 0 Å². The van der Waals surface area contributed by atoms with E-state index in [1.54, 1.807) is 6.07 Å². The Bertz CT molecular complexity index is 338. The summed E-state index contributed by atoms with van der Waals surface area (Å²) in [5.41, 5.74) is -0.0344. The molecule has 0 saturated heterocycles. The van der Waals surface area contributed by atoms with Crippen molar-refractivity contribution in [3.8, 4) is 0 Å². The quantitative estimate of drug-likeness (QED) is 0.779. The molecule has 5 heteroatoms. The second-order valence-corrected chi connectivity index (χ2v) is 2.93. The highest BCUT2D eigenvalue weighted by molar-refractivity contribution is 5.78. The van der Waals surface area contributed by atoms with Gasteiger partial charge in [-0.25, -0.2) is 4.79 Å². The molecule has 0 aliphatic rings. The van der Waals surface area contributed by atoms with Crippen LogP contribution in [0.3, 0.4) is 0 Å². The van der Waals surface area contributed by atoms with Gasteiger partial charge in [-0.15, -0.1) is 0 Å². The summed E-state index contributed by atoms with van der Waals surface area (Å²) in [6, 6.07) is 7.22. The maximum Gasteiger partial charge on any atom is 0.379 e. The number of alkyl halides is 2. The molecule has 0 saturated carbocycles. The normalized spacial score (nSPS) is 13.3. The third kappa shape index (κ3) is 2.30. The number of benzene rings is 1. The number of aliphatic hydroxyl groups is 1. The summed E-state index contributed by atoms with van der Waals surface area (Å²) in [6.45, 7) is 0. The minimum atomic E-state index is -3.93. The zero-order valence-corrected chi connectivity index (χ0v) is 7.98. The van der Waals surface area contributed by atoms with Crippen LogP contribution >= 0.6 is 0 Å². The third-order valence-electron chi connectivity index (χ3n) is 1.92. The van der Waals surface area contributed by atoms with Gasteiger partial charge in [0.15, 0.2) is 6.10 Å². The van der Waals surface area contributed by atoms with Crippen molar-refractivity contribution in [2.45, 2.75) is 12.0 Å². The minimum absolute atomic E-state index is 0.0344. The highest BCUT2D eigenvalue weighted by atomic mass is 19.3. The predicted molar refractivity (Wildman–Crippen MR) is 48.4 cm³/mol. The molecule has 1 aromatic rings. The van der Waals surface area contributed by atoms with Gasteiger partial charge in [0.2, 0.25) is 0 Å². The number of aliphatic hydroxyl groups excluding tert-OH is 1. The average molecular weight is 216 g/mol. The standard InChI is InChI=1S/C10H10F2O3/c1-15-9(14)10(11,12)8(13)7-5-3-2-4-6-7/h2-6,8,13H,1H3/t8-/m1/s1. The van der Waals surface area contributed by atoms with Crippen LogP contribution in [0, 0.1) is 0 Å². The lowest BCUT2D eigenvalue weighted by atomic mass is 10.0. The summed E-state index contributed by atoms with van der Waals surface area (Å²) in [5.74, 6) is -5.69. The van der Waals surface area contributed by atoms with Crippen molar-refractivity contribution in [3.63, 3.8) is 0 Å². The van der Waals surface area contributed by atoms with E-state index in [0.29, 0.717) is 0 Å². The van der Waals surface area contributed by atoms with Gasteiger partial charge in [-0.2, -0.15) is 8.78 Å². The van der Waals surface area contributed by atoms with Crippen molar-refractivity contribution in [3.05, 3.63) is 35.9 Å². The Hall–Kier alpha value is -1.49. The van der Waals surface area contributed by atoms with Crippen LogP contribution in [-0.2, 0) is 9.53 Å². The molecule has 0 amide bonds. The molecule has 0 unspecified atom stereocenters. The number of ether oxygens (including phenoxy) is 1. The molecule has 0 fully saturated rings. The summed E-state index contributed by atoms with van der Waals surface area (Å²) >= 11 is 0. The van der Waals surface area contributed by atoms with Gasteiger partial charge in [-0.05, 0) is 5.56 Å². The fourth-order valence-corrected chi connectivity index (χ4v) is 1.09. The molecular weight excluding hydrogens is 206 g/mol. The van der Waals surface area contributed by atoms with Crippen molar-refractivity contribution in [2.24, 2.45) is 0 Å². The van der Waals surface area contributed by atoms with E-state index in [1.807, 2.05) is 0 Å². The molecule has 1 N–H and O–H groups in total. The van der Waals surface area contributed by atoms with E-state index < -0.39 is 18.0 Å². The van der Waals surface area contributed by atoms with Gasteiger partial charge in [-0.3, -0.25) is 0 Å². The van der Waals surface area contributed by atoms with E-state index in [0.717, 1.165) is 7.11 Å². The number of carbonyl (C=O) groups excluding carboxylic acids is 1. The van der Waals surface area contributed by atoms with Crippen LogP contribution in [0.1, 0.15) is 11.7 Å². The molecule has 0 heterocycles. The molecule has 0 bridgehead atoms. The Balaban J connectivity index is 2.94. The number of hydrogen-bond acceptors (Lipinski definition) is 3. The van der Waals surface area contributed by atoms with E-state index in [2.05, 4.69) is 4.74 Å². The van der Waals surface area contributed by atoms with Crippen LogP contribution in [0.2, 0.25) is 0 Å². The highest BCUT2D eigenvalue weighted by Gasteiger charge is 2.48. The SMILES string of the molecule is COC(=O)C(F)(F)[C@H](O)c1ccccc1. The Labute approximate surface area is 85.3 Å². The molecule has 1 atom stereocenters. The zero-order chi connectivity index (χ0) is 11.5. The van der Waals surface area contributed by atoms with Crippen molar-refractivity contribution < 1.29 is 23.4 Å². The predicted octanol–water partition coefficient (Wildman–Crippen LogP) is 1.53. The molecule has 82 valence electrons. The smallest absolute Gasteiger partial charge is 0.379 e. The number of halogens is 2. The maximum absolute atomic E-state index is 13.2. The number of rotatable bonds is 3. The zero-order valence-electron chi connectivity index (χ0n) is 7.98. The van der Waals surface area contributed by atoms with Crippen molar-refractivity contribution in [1.82, 2.24) is 0 Å². The Morgan fingerprint density at radius 3 is 2.40 bits per heavy atom. The van der Waals surface area contributed by atoms with Crippen LogP contribution in [0.15, 0.2) is 30.3 Å². The average Bonchev–Trinajstić information content (AvgIpc) is 2.28. The minimum Gasteiger partial charge on any atom is -0.464 e. The molecule has 0 spiro atoms. The van der Waals surface area contributed by atoms with Gasteiger partial charge in [0, 0.05) is 0 Å². The van der Waals surface area contributed by atoms with Crippen LogP contribution in [0.5, 0.6) is 0 Å². The van der Waals surface area contributed by atoms with Crippen molar-refractivity contribution in [2.75, 3.05) is 7.11 Å². The van der Waals surface area contributed by atoms with E-state index in [-0.39, 0.29) is 5.56 Å². The molecule has 15 heavy (non-hydrogen) atoms. The Morgan fingerprint density at radius 1 is 1.40 bits per heavy atom. The van der Waals surface area contributed by atoms with Crippen LogP contribution in [-0.4, -0.2) is 24.1 Å². The Morgan fingerprint density at radius 2 is 1.93 bits per heavy atom. The monoisotopic (exact) mass is 216 g/mol. The number of esters is 1. The second kappa shape index (κ2) is 4.35. The number of hydrogen-bond donors (Lipinski definition) is 1. The summed E-state index contributed by atoms with van der Waals surface area (Å²) in [6.07, 6.45) is -2.19. The molecule has 3 nitrogen and oxygen atoms in total. The summed E-state index contributed by atoms with van der Waals surface area (Å²) in [7, 11) is 0.841.